The number of amides is 1. The molecule has 122 valence electrons. The minimum atomic E-state index is -0.260. The first-order valence-electron chi connectivity index (χ1n) is 7.88. The number of benzene rings is 2. The number of morpholine rings is 1. The zero-order chi connectivity index (χ0) is 16.5. The van der Waals surface area contributed by atoms with Gasteiger partial charge in [0.25, 0.3) is 5.91 Å². The van der Waals surface area contributed by atoms with Gasteiger partial charge in [-0.1, -0.05) is 24.3 Å². The van der Waals surface area contributed by atoms with E-state index in [4.69, 9.17) is 4.74 Å². The maximum Gasteiger partial charge on any atom is 0.264 e. The lowest BCUT2D eigenvalue weighted by molar-refractivity contribution is 0.0306. The van der Waals surface area contributed by atoms with E-state index in [2.05, 4.69) is 0 Å². The highest BCUT2D eigenvalue weighted by molar-refractivity contribution is 7.20. The van der Waals surface area contributed by atoms with Crippen LogP contribution in [0.5, 0.6) is 0 Å². The molecule has 4 rings (SSSR count). The van der Waals surface area contributed by atoms with E-state index in [9.17, 15) is 9.18 Å². The quantitative estimate of drug-likeness (QED) is 0.700. The van der Waals surface area contributed by atoms with E-state index < -0.39 is 0 Å². The summed E-state index contributed by atoms with van der Waals surface area (Å²) in [5, 5.41) is 0.990. The van der Waals surface area contributed by atoms with E-state index in [0.29, 0.717) is 26.3 Å². The van der Waals surface area contributed by atoms with Crippen LogP contribution in [-0.4, -0.2) is 37.1 Å². The average molecular weight is 341 g/mol. The van der Waals surface area contributed by atoms with Crippen LogP contribution in [0.2, 0.25) is 0 Å². The van der Waals surface area contributed by atoms with Gasteiger partial charge in [0, 0.05) is 23.2 Å². The second kappa shape index (κ2) is 6.34. The topological polar surface area (TPSA) is 29.5 Å². The Balaban J connectivity index is 1.75. The summed E-state index contributed by atoms with van der Waals surface area (Å²) in [7, 11) is 0. The second-order valence-corrected chi connectivity index (χ2v) is 6.83. The molecular weight excluding hydrogens is 325 g/mol. The van der Waals surface area contributed by atoms with Crippen molar-refractivity contribution in [1.29, 1.82) is 0 Å². The molecule has 3 aromatic rings. The molecule has 3 nitrogen and oxygen atoms in total. The molecule has 2 aromatic carbocycles. The highest BCUT2D eigenvalue weighted by Crippen LogP contribution is 2.35. The molecule has 0 spiro atoms. The Morgan fingerprint density at radius 3 is 2.67 bits per heavy atom. The third-order valence-electron chi connectivity index (χ3n) is 4.21. The molecule has 0 bridgehead atoms. The number of halogens is 1. The zero-order valence-electron chi connectivity index (χ0n) is 13.0. The van der Waals surface area contributed by atoms with E-state index in [0.717, 1.165) is 26.1 Å². The number of hydrogen-bond donors (Lipinski definition) is 0. The van der Waals surface area contributed by atoms with Crippen LogP contribution in [0.1, 0.15) is 9.67 Å². The van der Waals surface area contributed by atoms with E-state index in [1.54, 1.807) is 6.07 Å². The zero-order valence-corrected chi connectivity index (χ0v) is 13.8. The number of fused-ring (bicyclic) bond motifs is 1. The lowest BCUT2D eigenvalue weighted by Gasteiger charge is -2.26. The van der Waals surface area contributed by atoms with Crippen molar-refractivity contribution in [2.45, 2.75) is 0 Å². The number of carbonyl (C=O) groups is 1. The molecule has 0 N–H and O–H groups in total. The maximum atomic E-state index is 13.6. The Labute approximate surface area is 143 Å². The number of carbonyl (C=O) groups excluding carboxylic acids is 1. The van der Waals surface area contributed by atoms with Crippen molar-refractivity contribution >= 4 is 27.3 Å². The van der Waals surface area contributed by atoms with Gasteiger partial charge >= 0.3 is 0 Å². The van der Waals surface area contributed by atoms with Gasteiger partial charge in [0.2, 0.25) is 0 Å². The summed E-state index contributed by atoms with van der Waals surface area (Å²) in [6.07, 6.45) is 0. The van der Waals surface area contributed by atoms with Gasteiger partial charge in [-0.15, -0.1) is 11.3 Å². The van der Waals surface area contributed by atoms with Crippen molar-refractivity contribution in [2.75, 3.05) is 26.3 Å². The molecule has 1 aliphatic rings. The predicted molar refractivity (Wildman–Crippen MR) is 93.9 cm³/mol. The molecule has 0 unspecified atom stereocenters. The molecule has 2 heterocycles. The fourth-order valence-corrected chi connectivity index (χ4v) is 4.05. The van der Waals surface area contributed by atoms with Crippen molar-refractivity contribution < 1.29 is 13.9 Å². The summed E-state index contributed by atoms with van der Waals surface area (Å²) in [6, 6.07) is 14.4. The first-order chi connectivity index (χ1) is 11.7. The molecule has 5 heteroatoms. The van der Waals surface area contributed by atoms with Crippen molar-refractivity contribution in [1.82, 2.24) is 4.90 Å². The van der Waals surface area contributed by atoms with Gasteiger partial charge < -0.3 is 9.64 Å². The van der Waals surface area contributed by atoms with Crippen LogP contribution < -0.4 is 0 Å². The number of hydrogen-bond acceptors (Lipinski definition) is 3. The number of thiophene rings is 1. The van der Waals surface area contributed by atoms with Gasteiger partial charge in [-0.05, 0) is 35.4 Å². The van der Waals surface area contributed by atoms with Gasteiger partial charge in [0.05, 0.1) is 18.1 Å². The van der Waals surface area contributed by atoms with Gasteiger partial charge in [-0.25, -0.2) is 4.39 Å². The monoisotopic (exact) mass is 341 g/mol. The molecule has 0 saturated carbocycles. The number of nitrogens with zero attached hydrogens (tertiary/aromatic N) is 1. The van der Waals surface area contributed by atoms with E-state index in [1.165, 1.54) is 23.5 Å². The number of ether oxygens (including phenoxy) is 1. The van der Waals surface area contributed by atoms with Crippen LogP contribution in [0.25, 0.3) is 21.2 Å². The van der Waals surface area contributed by atoms with Crippen LogP contribution in [0, 0.1) is 5.82 Å². The van der Waals surface area contributed by atoms with Gasteiger partial charge in [-0.3, -0.25) is 4.79 Å². The highest BCUT2D eigenvalue weighted by Gasteiger charge is 2.21. The molecular formula is C19H16FNO2S. The molecule has 0 radical (unpaired) electrons. The van der Waals surface area contributed by atoms with E-state index >= 15 is 0 Å². The normalized spacial score (nSPS) is 15.0. The third kappa shape index (κ3) is 2.81. The van der Waals surface area contributed by atoms with Crippen LogP contribution in [0.4, 0.5) is 4.39 Å². The SMILES string of the molecule is O=C(c1cc2c(-c3cccc(F)c3)cccc2s1)N1CCOCC1. The molecule has 24 heavy (non-hydrogen) atoms. The van der Waals surface area contributed by atoms with Crippen molar-refractivity contribution in [3.63, 3.8) is 0 Å². The summed E-state index contributed by atoms with van der Waals surface area (Å²) < 4.78 is 19.9. The molecule has 0 atom stereocenters. The van der Waals surface area contributed by atoms with Crippen molar-refractivity contribution in [3.8, 4) is 11.1 Å². The Kier molecular flexibility index (Phi) is 4.04. The first kappa shape index (κ1) is 15.3. The molecule has 1 aromatic heterocycles. The van der Waals surface area contributed by atoms with Crippen LogP contribution in [0.3, 0.4) is 0 Å². The Morgan fingerprint density at radius 2 is 1.88 bits per heavy atom. The molecule has 1 amide bonds. The van der Waals surface area contributed by atoms with Gasteiger partial charge in [0.1, 0.15) is 5.82 Å². The summed E-state index contributed by atoms with van der Waals surface area (Å²) in [4.78, 5) is 15.2. The van der Waals surface area contributed by atoms with Crippen LogP contribution in [0.15, 0.2) is 48.5 Å². The Hall–Kier alpha value is -2.24. The summed E-state index contributed by atoms with van der Waals surface area (Å²) in [5.74, 6) is -0.214. The Morgan fingerprint density at radius 1 is 1.08 bits per heavy atom. The molecule has 1 aliphatic heterocycles. The van der Waals surface area contributed by atoms with E-state index in [-0.39, 0.29) is 11.7 Å². The molecule has 1 saturated heterocycles. The van der Waals surface area contributed by atoms with Crippen molar-refractivity contribution in [3.05, 3.63) is 59.2 Å². The summed E-state index contributed by atoms with van der Waals surface area (Å²) in [6.45, 7) is 2.43. The number of rotatable bonds is 2. The standard InChI is InChI=1S/C19H16FNO2S/c20-14-4-1-3-13(11-14)15-5-2-6-17-16(15)12-18(24-17)19(22)21-7-9-23-10-8-21/h1-6,11-12H,7-10H2. The van der Waals surface area contributed by atoms with Crippen molar-refractivity contribution in [2.24, 2.45) is 0 Å². The van der Waals surface area contributed by atoms with Gasteiger partial charge in [0.15, 0.2) is 0 Å². The minimum absolute atomic E-state index is 0.0460. The Bertz CT molecular complexity index is 899. The maximum absolute atomic E-state index is 13.6. The van der Waals surface area contributed by atoms with Crippen LogP contribution in [-0.2, 0) is 4.74 Å². The van der Waals surface area contributed by atoms with Crippen LogP contribution >= 0.6 is 11.3 Å². The highest BCUT2D eigenvalue weighted by atomic mass is 32.1. The second-order valence-electron chi connectivity index (χ2n) is 5.74. The lowest BCUT2D eigenvalue weighted by atomic mass is 10.0. The molecule has 0 aliphatic carbocycles. The lowest BCUT2D eigenvalue weighted by Crippen LogP contribution is -2.40. The smallest absolute Gasteiger partial charge is 0.264 e. The third-order valence-corrected chi connectivity index (χ3v) is 5.29. The predicted octanol–water partition coefficient (Wildman–Crippen LogP) is 4.18. The first-order valence-corrected chi connectivity index (χ1v) is 8.69. The summed E-state index contributed by atoms with van der Waals surface area (Å²) in [5.41, 5.74) is 1.77. The fraction of sp³-hybridized carbons (Fsp3) is 0.211. The summed E-state index contributed by atoms with van der Waals surface area (Å²) >= 11 is 1.49. The van der Waals surface area contributed by atoms with E-state index in [1.807, 2.05) is 35.2 Å². The average Bonchev–Trinajstić information content (AvgIpc) is 3.06. The van der Waals surface area contributed by atoms with Gasteiger partial charge in [-0.2, -0.15) is 0 Å². The fourth-order valence-electron chi connectivity index (χ4n) is 3.00. The largest absolute Gasteiger partial charge is 0.378 e. The molecule has 1 fully saturated rings. The minimum Gasteiger partial charge on any atom is -0.378 e.